The van der Waals surface area contributed by atoms with Crippen molar-refractivity contribution in [3.05, 3.63) is 54.6 Å². The van der Waals surface area contributed by atoms with Crippen molar-refractivity contribution in [1.82, 2.24) is 29.4 Å². The number of nitrogens with one attached hydrogen (secondary N) is 1. The van der Waals surface area contributed by atoms with Gasteiger partial charge in [0.05, 0.1) is 29.7 Å². The monoisotopic (exact) mass is 401 g/mol. The number of aromatic nitrogens is 6. The van der Waals surface area contributed by atoms with E-state index in [9.17, 15) is 0 Å². The molecule has 0 saturated heterocycles. The van der Waals surface area contributed by atoms with E-state index in [-0.39, 0.29) is 0 Å². The Morgan fingerprint density at radius 1 is 1.20 bits per heavy atom. The second-order valence-electron chi connectivity index (χ2n) is 7.29. The zero-order valence-corrected chi connectivity index (χ0v) is 17.0. The van der Waals surface area contributed by atoms with Crippen LogP contribution in [-0.4, -0.2) is 36.0 Å². The van der Waals surface area contributed by atoms with Crippen molar-refractivity contribution in [3.63, 3.8) is 0 Å². The van der Waals surface area contributed by atoms with Gasteiger partial charge < -0.3 is 14.6 Å². The van der Waals surface area contributed by atoms with E-state index in [0.29, 0.717) is 18.3 Å². The lowest BCUT2D eigenvalue weighted by Crippen LogP contribution is -2.05. The normalized spacial score (nSPS) is 13.6. The van der Waals surface area contributed by atoms with Crippen LogP contribution in [0.5, 0.6) is 5.75 Å². The summed E-state index contributed by atoms with van der Waals surface area (Å²) in [5.74, 6) is 2.01. The van der Waals surface area contributed by atoms with Crippen molar-refractivity contribution >= 4 is 22.7 Å². The van der Waals surface area contributed by atoms with Gasteiger partial charge in [0, 0.05) is 12.6 Å². The zero-order valence-electron chi connectivity index (χ0n) is 17.0. The largest absolute Gasteiger partial charge is 0.492 e. The molecule has 0 spiro atoms. The molecule has 0 aliphatic heterocycles. The molecule has 0 saturated carbocycles. The lowest BCUT2D eigenvalue weighted by molar-refractivity contribution is 0.342. The molecule has 0 radical (unpaired) electrons. The molecule has 3 aromatic heterocycles. The van der Waals surface area contributed by atoms with Crippen LogP contribution in [-0.2, 0) is 7.05 Å². The zero-order chi connectivity index (χ0) is 20.5. The van der Waals surface area contributed by atoms with Crippen molar-refractivity contribution in [2.24, 2.45) is 7.05 Å². The molecule has 8 heteroatoms. The molecule has 5 rings (SSSR count). The van der Waals surface area contributed by atoms with Gasteiger partial charge in [-0.1, -0.05) is 6.08 Å². The van der Waals surface area contributed by atoms with Crippen LogP contribution >= 0.6 is 0 Å². The molecule has 1 N–H and O–H groups in total. The highest BCUT2D eigenvalue weighted by Gasteiger charge is 2.14. The molecular formula is C22H23N7O. The minimum Gasteiger partial charge on any atom is -0.492 e. The highest BCUT2D eigenvalue weighted by molar-refractivity contribution is 5.71. The molecule has 0 fully saturated rings. The van der Waals surface area contributed by atoms with Crippen LogP contribution < -0.4 is 10.1 Å². The summed E-state index contributed by atoms with van der Waals surface area (Å²) in [5.41, 5.74) is 5.20. The molecule has 0 unspecified atom stereocenters. The molecule has 0 amide bonds. The van der Waals surface area contributed by atoms with Gasteiger partial charge in [0.25, 0.3) is 0 Å². The van der Waals surface area contributed by atoms with Gasteiger partial charge in [-0.05, 0) is 62.1 Å². The highest BCUT2D eigenvalue weighted by atomic mass is 16.5. The maximum atomic E-state index is 5.87. The molecule has 30 heavy (non-hydrogen) atoms. The summed E-state index contributed by atoms with van der Waals surface area (Å²) in [6.07, 6.45) is 9.25. The fourth-order valence-electron chi connectivity index (χ4n) is 3.81. The van der Waals surface area contributed by atoms with E-state index in [1.54, 1.807) is 6.33 Å². The first-order valence-corrected chi connectivity index (χ1v) is 10.2. The Bertz CT molecular complexity index is 1240. The van der Waals surface area contributed by atoms with E-state index < -0.39 is 0 Å². The average molecular weight is 401 g/mol. The van der Waals surface area contributed by atoms with E-state index in [1.165, 1.54) is 12.0 Å². The Balaban J connectivity index is 1.49. The van der Waals surface area contributed by atoms with Gasteiger partial charge in [-0.15, -0.1) is 15.3 Å². The van der Waals surface area contributed by atoms with Crippen molar-refractivity contribution in [2.45, 2.75) is 26.2 Å². The topological polar surface area (TPSA) is 82.2 Å². The van der Waals surface area contributed by atoms with E-state index in [2.05, 4.69) is 38.7 Å². The molecule has 3 heterocycles. The van der Waals surface area contributed by atoms with Gasteiger partial charge in [-0.2, -0.15) is 0 Å². The van der Waals surface area contributed by atoms with Crippen LogP contribution in [0.15, 0.2) is 48.9 Å². The standard InChI is InChI=1S/C22H23N7O/c1-3-30-20-12-16(21-26-24-14-28(21)2)8-10-18(20)25-22-23-13-17-9-11-19(29(17)27-22)15-6-4-5-7-15/h6,8-14H,3-5,7H2,1-2H3,(H,25,27). The van der Waals surface area contributed by atoms with Crippen LogP contribution in [0.4, 0.5) is 11.6 Å². The summed E-state index contributed by atoms with van der Waals surface area (Å²) in [5, 5.41) is 16.2. The molecule has 1 aliphatic rings. The molecule has 8 nitrogen and oxygen atoms in total. The number of hydrogen-bond donors (Lipinski definition) is 1. The number of rotatable bonds is 6. The Morgan fingerprint density at radius 2 is 2.13 bits per heavy atom. The number of aryl methyl sites for hydroxylation is 1. The third-order valence-electron chi connectivity index (χ3n) is 5.27. The van der Waals surface area contributed by atoms with Crippen LogP contribution in [0.1, 0.15) is 31.9 Å². The van der Waals surface area contributed by atoms with Gasteiger partial charge in [0.15, 0.2) is 5.82 Å². The molecule has 1 aliphatic carbocycles. The molecular weight excluding hydrogens is 378 g/mol. The summed E-state index contributed by atoms with van der Waals surface area (Å²) < 4.78 is 9.71. The minimum absolute atomic E-state index is 0.519. The molecule has 0 atom stereocenters. The number of fused-ring (bicyclic) bond motifs is 1. The summed E-state index contributed by atoms with van der Waals surface area (Å²) in [4.78, 5) is 4.49. The fourth-order valence-corrected chi connectivity index (χ4v) is 3.81. The van der Waals surface area contributed by atoms with Crippen molar-refractivity contribution < 1.29 is 4.74 Å². The number of ether oxygens (including phenoxy) is 1. The molecule has 0 bridgehead atoms. The third kappa shape index (κ3) is 3.30. The fraction of sp³-hybridized carbons (Fsp3) is 0.273. The number of benzene rings is 1. The Morgan fingerprint density at radius 3 is 2.90 bits per heavy atom. The first-order chi connectivity index (χ1) is 14.7. The summed E-state index contributed by atoms with van der Waals surface area (Å²) in [6, 6.07) is 10.1. The maximum absolute atomic E-state index is 5.87. The number of anilines is 2. The van der Waals surface area contributed by atoms with Gasteiger partial charge >= 0.3 is 0 Å². The second kappa shape index (κ2) is 7.62. The average Bonchev–Trinajstić information content (AvgIpc) is 3.50. The summed E-state index contributed by atoms with van der Waals surface area (Å²) in [7, 11) is 1.92. The first kappa shape index (κ1) is 18.4. The second-order valence-corrected chi connectivity index (χ2v) is 7.29. The van der Waals surface area contributed by atoms with E-state index in [0.717, 1.165) is 41.1 Å². The first-order valence-electron chi connectivity index (χ1n) is 10.2. The van der Waals surface area contributed by atoms with E-state index in [4.69, 9.17) is 9.84 Å². The predicted molar refractivity (Wildman–Crippen MR) is 116 cm³/mol. The van der Waals surface area contributed by atoms with Crippen LogP contribution in [0.2, 0.25) is 0 Å². The SMILES string of the molecule is CCOc1cc(-c2nncn2C)ccc1Nc1ncc2ccc(C3=CCCC3)n2n1. The van der Waals surface area contributed by atoms with Crippen molar-refractivity contribution in [2.75, 3.05) is 11.9 Å². The highest BCUT2D eigenvalue weighted by Crippen LogP contribution is 2.32. The summed E-state index contributed by atoms with van der Waals surface area (Å²) in [6.45, 7) is 2.51. The molecule has 4 aromatic rings. The quantitative estimate of drug-likeness (QED) is 0.521. The van der Waals surface area contributed by atoms with Gasteiger partial charge in [-0.25, -0.2) is 9.50 Å². The minimum atomic E-state index is 0.519. The summed E-state index contributed by atoms with van der Waals surface area (Å²) >= 11 is 0. The van der Waals surface area contributed by atoms with Crippen molar-refractivity contribution in [1.29, 1.82) is 0 Å². The van der Waals surface area contributed by atoms with Crippen LogP contribution in [0.3, 0.4) is 0 Å². The Kier molecular flexibility index (Phi) is 4.66. The third-order valence-corrected chi connectivity index (χ3v) is 5.27. The van der Waals surface area contributed by atoms with Gasteiger partial charge in [0.1, 0.15) is 12.1 Å². The van der Waals surface area contributed by atoms with E-state index in [1.807, 2.05) is 47.4 Å². The van der Waals surface area contributed by atoms with Crippen molar-refractivity contribution in [3.8, 4) is 17.1 Å². The van der Waals surface area contributed by atoms with E-state index >= 15 is 0 Å². The maximum Gasteiger partial charge on any atom is 0.245 e. The Hall–Kier alpha value is -3.68. The van der Waals surface area contributed by atoms with Gasteiger partial charge in [0.2, 0.25) is 5.95 Å². The van der Waals surface area contributed by atoms with Gasteiger partial charge in [-0.3, -0.25) is 0 Å². The van der Waals surface area contributed by atoms with Crippen LogP contribution in [0, 0.1) is 0 Å². The number of allylic oxidation sites excluding steroid dienone is 2. The smallest absolute Gasteiger partial charge is 0.245 e. The molecule has 1 aromatic carbocycles. The van der Waals surface area contributed by atoms with Crippen LogP contribution in [0.25, 0.3) is 22.5 Å². The number of hydrogen-bond acceptors (Lipinski definition) is 6. The number of nitrogens with zero attached hydrogens (tertiary/aromatic N) is 6. The Labute approximate surface area is 174 Å². The molecule has 152 valence electrons. The predicted octanol–water partition coefficient (Wildman–Crippen LogP) is 4.23. The lowest BCUT2D eigenvalue weighted by Gasteiger charge is -2.13. The lowest BCUT2D eigenvalue weighted by atomic mass is 10.1.